The molecule has 0 saturated carbocycles. The van der Waals surface area contributed by atoms with E-state index >= 15 is 0 Å². The molecular formula is C14H12Br2FNO. The van der Waals surface area contributed by atoms with Crippen LogP contribution in [0, 0.1) is 5.82 Å². The summed E-state index contributed by atoms with van der Waals surface area (Å²) < 4.78 is 20.6. The van der Waals surface area contributed by atoms with Gasteiger partial charge in [0.25, 0.3) is 0 Å². The SMILES string of the molecule is Fc1ccc(Br)cc1OCCNc1ccc(Br)cc1. The average molecular weight is 389 g/mol. The van der Waals surface area contributed by atoms with Crippen molar-refractivity contribution in [2.45, 2.75) is 0 Å². The smallest absolute Gasteiger partial charge is 0.165 e. The fraction of sp³-hybridized carbons (Fsp3) is 0.143. The maximum atomic E-state index is 13.4. The van der Waals surface area contributed by atoms with Crippen LogP contribution in [0.25, 0.3) is 0 Å². The molecule has 0 amide bonds. The van der Waals surface area contributed by atoms with Crippen LogP contribution in [0.5, 0.6) is 5.75 Å². The largest absolute Gasteiger partial charge is 0.489 e. The van der Waals surface area contributed by atoms with E-state index in [1.807, 2.05) is 24.3 Å². The van der Waals surface area contributed by atoms with Gasteiger partial charge in [0.15, 0.2) is 11.6 Å². The number of hydrogen-bond donors (Lipinski definition) is 1. The van der Waals surface area contributed by atoms with Crippen molar-refractivity contribution in [1.82, 2.24) is 0 Å². The molecule has 5 heteroatoms. The van der Waals surface area contributed by atoms with Crippen LogP contribution < -0.4 is 10.1 Å². The van der Waals surface area contributed by atoms with Crippen LogP contribution in [0.2, 0.25) is 0 Å². The van der Waals surface area contributed by atoms with Crippen molar-refractivity contribution < 1.29 is 9.13 Å². The molecule has 2 nitrogen and oxygen atoms in total. The van der Waals surface area contributed by atoms with E-state index < -0.39 is 0 Å². The molecule has 19 heavy (non-hydrogen) atoms. The number of halogens is 3. The second-order valence-electron chi connectivity index (χ2n) is 3.86. The van der Waals surface area contributed by atoms with Crippen molar-refractivity contribution in [3.63, 3.8) is 0 Å². The minimum absolute atomic E-state index is 0.256. The predicted octanol–water partition coefficient (Wildman–Crippen LogP) is 4.84. The summed E-state index contributed by atoms with van der Waals surface area (Å²) in [6, 6.07) is 12.5. The fourth-order valence-electron chi connectivity index (χ4n) is 1.51. The molecule has 0 aliphatic carbocycles. The first kappa shape index (κ1) is 14.3. The number of rotatable bonds is 5. The summed E-state index contributed by atoms with van der Waals surface area (Å²) >= 11 is 6.66. The van der Waals surface area contributed by atoms with Crippen LogP contribution in [-0.4, -0.2) is 13.2 Å². The maximum absolute atomic E-state index is 13.4. The van der Waals surface area contributed by atoms with Crippen molar-refractivity contribution in [2.24, 2.45) is 0 Å². The Morgan fingerprint density at radius 2 is 1.68 bits per heavy atom. The van der Waals surface area contributed by atoms with E-state index in [0.29, 0.717) is 13.2 Å². The highest BCUT2D eigenvalue weighted by atomic mass is 79.9. The summed E-state index contributed by atoms with van der Waals surface area (Å²) in [4.78, 5) is 0. The first-order valence-electron chi connectivity index (χ1n) is 5.72. The zero-order chi connectivity index (χ0) is 13.7. The third-order valence-corrected chi connectivity index (χ3v) is 3.45. The van der Waals surface area contributed by atoms with Crippen LogP contribution in [0.15, 0.2) is 51.4 Å². The van der Waals surface area contributed by atoms with Gasteiger partial charge in [0, 0.05) is 21.2 Å². The van der Waals surface area contributed by atoms with E-state index in [1.165, 1.54) is 6.07 Å². The third-order valence-electron chi connectivity index (χ3n) is 2.43. The minimum atomic E-state index is -0.355. The van der Waals surface area contributed by atoms with Gasteiger partial charge in [-0.2, -0.15) is 0 Å². The number of benzene rings is 2. The van der Waals surface area contributed by atoms with Gasteiger partial charge >= 0.3 is 0 Å². The Balaban J connectivity index is 1.80. The van der Waals surface area contributed by atoms with Gasteiger partial charge in [-0.25, -0.2) is 4.39 Å². The van der Waals surface area contributed by atoms with Crippen molar-refractivity contribution >= 4 is 37.5 Å². The summed E-state index contributed by atoms with van der Waals surface area (Å²) in [5.74, 6) is -0.0983. The van der Waals surface area contributed by atoms with Crippen LogP contribution in [0.1, 0.15) is 0 Å². The Kier molecular flexibility index (Phi) is 5.22. The van der Waals surface area contributed by atoms with Crippen molar-refractivity contribution in [2.75, 3.05) is 18.5 Å². The molecular weight excluding hydrogens is 377 g/mol. The lowest BCUT2D eigenvalue weighted by atomic mass is 10.3. The summed E-state index contributed by atoms with van der Waals surface area (Å²) in [5.41, 5.74) is 1.00. The normalized spacial score (nSPS) is 10.3. The number of hydrogen-bond acceptors (Lipinski definition) is 2. The van der Waals surface area contributed by atoms with Gasteiger partial charge < -0.3 is 10.1 Å². The summed E-state index contributed by atoms with van der Waals surface area (Å²) in [5, 5.41) is 3.20. The molecule has 2 aromatic carbocycles. The maximum Gasteiger partial charge on any atom is 0.165 e. The molecule has 100 valence electrons. The van der Waals surface area contributed by atoms with Gasteiger partial charge in [-0.15, -0.1) is 0 Å². The standard InChI is InChI=1S/C14H12Br2FNO/c15-10-1-4-12(5-2-10)18-7-8-19-14-9-11(16)3-6-13(14)17/h1-6,9,18H,7-8H2. The van der Waals surface area contributed by atoms with Gasteiger partial charge in [-0.3, -0.25) is 0 Å². The van der Waals surface area contributed by atoms with Crippen molar-refractivity contribution in [1.29, 1.82) is 0 Å². The highest BCUT2D eigenvalue weighted by Crippen LogP contribution is 2.22. The Morgan fingerprint density at radius 1 is 1.00 bits per heavy atom. The molecule has 2 aromatic rings. The Hall–Kier alpha value is -1.07. The zero-order valence-electron chi connectivity index (χ0n) is 10.00. The highest BCUT2D eigenvalue weighted by molar-refractivity contribution is 9.10. The first-order chi connectivity index (χ1) is 9.15. The predicted molar refractivity (Wildman–Crippen MR) is 82.2 cm³/mol. The van der Waals surface area contributed by atoms with Gasteiger partial charge in [0.05, 0.1) is 0 Å². The Morgan fingerprint density at radius 3 is 2.42 bits per heavy atom. The summed E-state index contributed by atoms with van der Waals surface area (Å²) in [6.45, 7) is 0.997. The molecule has 0 aliphatic rings. The molecule has 0 spiro atoms. The number of nitrogens with one attached hydrogen (secondary N) is 1. The van der Waals surface area contributed by atoms with E-state index in [0.717, 1.165) is 14.6 Å². The molecule has 0 aliphatic heterocycles. The number of anilines is 1. The molecule has 0 fully saturated rings. The molecule has 0 atom stereocenters. The quantitative estimate of drug-likeness (QED) is 0.740. The lowest BCUT2D eigenvalue weighted by Crippen LogP contribution is -2.11. The Bertz CT molecular complexity index is 546. The second kappa shape index (κ2) is 6.91. The third kappa shape index (κ3) is 4.51. The number of ether oxygens (including phenoxy) is 1. The van der Waals surface area contributed by atoms with E-state index in [-0.39, 0.29) is 11.6 Å². The van der Waals surface area contributed by atoms with Crippen LogP contribution >= 0.6 is 31.9 Å². The topological polar surface area (TPSA) is 21.3 Å². The minimum Gasteiger partial charge on any atom is -0.489 e. The molecule has 2 rings (SSSR count). The van der Waals surface area contributed by atoms with Crippen molar-refractivity contribution in [3.05, 3.63) is 57.2 Å². The molecule has 0 unspecified atom stereocenters. The fourth-order valence-corrected chi connectivity index (χ4v) is 2.12. The van der Waals surface area contributed by atoms with Crippen LogP contribution in [0.3, 0.4) is 0 Å². The molecule has 0 bridgehead atoms. The molecule has 1 N–H and O–H groups in total. The van der Waals surface area contributed by atoms with Gasteiger partial charge in [0.2, 0.25) is 0 Å². The van der Waals surface area contributed by atoms with Gasteiger partial charge in [-0.05, 0) is 42.5 Å². The zero-order valence-corrected chi connectivity index (χ0v) is 13.2. The average Bonchev–Trinajstić information content (AvgIpc) is 2.40. The summed E-state index contributed by atoms with van der Waals surface area (Å²) in [7, 11) is 0. The second-order valence-corrected chi connectivity index (χ2v) is 5.69. The first-order valence-corrected chi connectivity index (χ1v) is 7.31. The molecule has 0 heterocycles. The summed E-state index contributed by atoms with van der Waals surface area (Å²) in [6.07, 6.45) is 0. The van der Waals surface area contributed by atoms with E-state index in [4.69, 9.17) is 4.74 Å². The molecule has 0 saturated heterocycles. The van der Waals surface area contributed by atoms with E-state index in [9.17, 15) is 4.39 Å². The van der Waals surface area contributed by atoms with Crippen molar-refractivity contribution in [3.8, 4) is 5.75 Å². The molecule has 0 aromatic heterocycles. The Labute approximate surface area is 128 Å². The lowest BCUT2D eigenvalue weighted by Gasteiger charge is -2.09. The van der Waals surface area contributed by atoms with Crippen LogP contribution in [-0.2, 0) is 0 Å². The monoisotopic (exact) mass is 387 g/mol. The lowest BCUT2D eigenvalue weighted by molar-refractivity contribution is 0.315. The van der Waals surface area contributed by atoms with Crippen LogP contribution in [0.4, 0.5) is 10.1 Å². The highest BCUT2D eigenvalue weighted by Gasteiger charge is 2.03. The van der Waals surface area contributed by atoms with Gasteiger partial charge in [0.1, 0.15) is 6.61 Å². The van der Waals surface area contributed by atoms with E-state index in [1.54, 1.807) is 12.1 Å². The van der Waals surface area contributed by atoms with E-state index in [2.05, 4.69) is 37.2 Å². The van der Waals surface area contributed by atoms with Gasteiger partial charge in [-0.1, -0.05) is 31.9 Å². The molecule has 0 radical (unpaired) electrons.